The predicted octanol–water partition coefficient (Wildman–Crippen LogP) is 0.0225. The molecule has 3 atom stereocenters. The van der Waals surface area contributed by atoms with Crippen LogP contribution >= 0.6 is 0 Å². The predicted molar refractivity (Wildman–Crippen MR) is 51.1 cm³/mol. The van der Waals surface area contributed by atoms with Gasteiger partial charge in [0.25, 0.3) is 0 Å². The van der Waals surface area contributed by atoms with Crippen LogP contribution in [0.5, 0.6) is 0 Å². The molecule has 14 heavy (non-hydrogen) atoms. The summed E-state index contributed by atoms with van der Waals surface area (Å²) in [4.78, 5) is 22.3. The summed E-state index contributed by atoms with van der Waals surface area (Å²) in [6.07, 6.45) is 3.60. The van der Waals surface area contributed by atoms with E-state index in [0.29, 0.717) is 11.8 Å². The Balaban J connectivity index is 1.83. The molecule has 78 valence electrons. The van der Waals surface area contributed by atoms with Crippen LogP contribution in [0.4, 0.5) is 0 Å². The summed E-state index contributed by atoms with van der Waals surface area (Å²) in [6.45, 7) is 1.62. The molecule has 0 radical (unpaired) electrons. The van der Waals surface area contributed by atoms with Crippen LogP contribution in [0, 0.1) is 17.8 Å². The zero-order valence-corrected chi connectivity index (χ0v) is 8.32. The quantitative estimate of drug-likeness (QED) is 0.668. The number of amides is 2. The van der Waals surface area contributed by atoms with Crippen LogP contribution in [0.15, 0.2) is 0 Å². The van der Waals surface area contributed by atoms with E-state index in [-0.39, 0.29) is 11.8 Å². The molecule has 0 bridgehead atoms. The van der Waals surface area contributed by atoms with E-state index in [1.807, 2.05) is 0 Å². The zero-order chi connectivity index (χ0) is 10.3. The number of nitrogens with one attached hydrogen (secondary N) is 1. The zero-order valence-electron chi connectivity index (χ0n) is 8.32. The number of carbonyl (C=O) groups is 2. The van der Waals surface area contributed by atoms with Gasteiger partial charge in [0, 0.05) is 5.92 Å². The summed E-state index contributed by atoms with van der Waals surface area (Å²) in [5, 5.41) is 2.66. The summed E-state index contributed by atoms with van der Waals surface area (Å²) in [7, 11) is 0. The minimum Gasteiger partial charge on any atom is -0.368 e. The Bertz CT molecular complexity index is 267. The Kier molecular flexibility index (Phi) is 2.21. The number of hydrogen-bond donors (Lipinski definition) is 2. The highest BCUT2D eigenvalue weighted by Crippen LogP contribution is 2.57. The van der Waals surface area contributed by atoms with E-state index >= 15 is 0 Å². The van der Waals surface area contributed by atoms with Crippen LogP contribution in [0.25, 0.3) is 0 Å². The average molecular weight is 196 g/mol. The molecule has 3 N–H and O–H groups in total. The average Bonchev–Trinajstić information content (AvgIpc) is 2.61. The van der Waals surface area contributed by atoms with Crippen LogP contribution in [0.3, 0.4) is 0 Å². The SMILES string of the molecule is C[C@@H](NC(=O)C1C2CCCC21)C(N)=O. The molecule has 2 aliphatic rings. The van der Waals surface area contributed by atoms with E-state index in [0.717, 1.165) is 0 Å². The van der Waals surface area contributed by atoms with Gasteiger partial charge in [0.1, 0.15) is 6.04 Å². The first-order chi connectivity index (χ1) is 6.61. The molecular formula is C10H16N2O2. The highest BCUT2D eigenvalue weighted by Gasteiger charge is 2.56. The van der Waals surface area contributed by atoms with Gasteiger partial charge in [-0.15, -0.1) is 0 Å². The van der Waals surface area contributed by atoms with E-state index in [1.165, 1.54) is 19.3 Å². The van der Waals surface area contributed by atoms with Crippen molar-refractivity contribution in [1.29, 1.82) is 0 Å². The molecule has 0 aromatic rings. The summed E-state index contributed by atoms with van der Waals surface area (Å²) in [5.41, 5.74) is 5.07. The maximum atomic E-state index is 11.6. The van der Waals surface area contributed by atoms with E-state index in [9.17, 15) is 9.59 Å². The lowest BCUT2D eigenvalue weighted by Gasteiger charge is -2.10. The minimum absolute atomic E-state index is 0.0194. The van der Waals surface area contributed by atoms with Crippen LogP contribution in [-0.4, -0.2) is 17.9 Å². The van der Waals surface area contributed by atoms with Gasteiger partial charge in [-0.25, -0.2) is 0 Å². The molecular weight excluding hydrogens is 180 g/mol. The Morgan fingerprint density at radius 1 is 1.36 bits per heavy atom. The molecule has 2 amide bonds. The molecule has 0 heterocycles. The number of fused-ring (bicyclic) bond motifs is 1. The molecule has 0 spiro atoms. The lowest BCUT2D eigenvalue weighted by Crippen LogP contribution is -2.43. The first-order valence-corrected chi connectivity index (χ1v) is 5.21. The van der Waals surface area contributed by atoms with Crippen molar-refractivity contribution in [2.45, 2.75) is 32.2 Å². The van der Waals surface area contributed by atoms with Crippen molar-refractivity contribution < 1.29 is 9.59 Å². The minimum atomic E-state index is -0.538. The van der Waals surface area contributed by atoms with Crippen LogP contribution in [0.2, 0.25) is 0 Å². The Labute approximate surface area is 83.2 Å². The van der Waals surface area contributed by atoms with Crippen molar-refractivity contribution >= 4 is 11.8 Å². The second-order valence-corrected chi connectivity index (χ2v) is 4.42. The molecule has 2 rings (SSSR count). The number of rotatable bonds is 3. The molecule has 4 heteroatoms. The summed E-state index contributed by atoms with van der Waals surface area (Å²) in [5.74, 6) is 0.908. The van der Waals surface area contributed by atoms with Crippen molar-refractivity contribution in [3.05, 3.63) is 0 Å². The number of carbonyl (C=O) groups excluding carboxylic acids is 2. The van der Waals surface area contributed by atoms with Crippen molar-refractivity contribution in [2.24, 2.45) is 23.5 Å². The largest absolute Gasteiger partial charge is 0.368 e. The topological polar surface area (TPSA) is 72.2 Å². The van der Waals surface area contributed by atoms with Crippen molar-refractivity contribution in [1.82, 2.24) is 5.32 Å². The molecule has 2 aliphatic carbocycles. The Morgan fingerprint density at radius 2 is 1.93 bits per heavy atom. The Hall–Kier alpha value is -1.06. The molecule has 2 fully saturated rings. The standard InChI is InChI=1S/C10H16N2O2/c1-5(9(11)13)12-10(14)8-6-3-2-4-7(6)8/h5-8H,2-4H2,1H3,(H2,11,13)(H,12,14)/t5-,6?,7?,8?/m1/s1. The molecule has 0 aromatic heterocycles. The third-order valence-electron chi connectivity index (χ3n) is 3.49. The molecule has 4 nitrogen and oxygen atoms in total. The van der Waals surface area contributed by atoms with Crippen molar-refractivity contribution in [3.8, 4) is 0 Å². The van der Waals surface area contributed by atoms with Gasteiger partial charge >= 0.3 is 0 Å². The third-order valence-corrected chi connectivity index (χ3v) is 3.49. The second-order valence-electron chi connectivity index (χ2n) is 4.42. The fourth-order valence-electron chi connectivity index (χ4n) is 2.59. The molecule has 2 saturated carbocycles. The van der Waals surface area contributed by atoms with Gasteiger partial charge in [-0.3, -0.25) is 9.59 Å². The fraction of sp³-hybridized carbons (Fsp3) is 0.800. The normalized spacial score (nSPS) is 35.9. The Morgan fingerprint density at radius 3 is 2.43 bits per heavy atom. The maximum absolute atomic E-state index is 11.6. The molecule has 0 aromatic carbocycles. The van der Waals surface area contributed by atoms with E-state index in [2.05, 4.69) is 5.32 Å². The lowest BCUT2D eigenvalue weighted by atomic mass is 10.1. The summed E-state index contributed by atoms with van der Waals surface area (Å²) in [6, 6.07) is -0.538. The first-order valence-electron chi connectivity index (χ1n) is 5.21. The van der Waals surface area contributed by atoms with Gasteiger partial charge in [-0.05, 0) is 31.6 Å². The van der Waals surface area contributed by atoms with Crippen molar-refractivity contribution in [2.75, 3.05) is 0 Å². The van der Waals surface area contributed by atoms with Gasteiger partial charge in [0.15, 0.2) is 0 Å². The summed E-state index contributed by atoms with van der Waals surface area (Å²) >= 11 is 0. The van der Waals surface area contributed by atoms with Gasteiger partial charge in [-0.2, -0.15) is 0 Å². The number of hydrogen-bond acceptors (Lipinski definition) is 2. The number of nitrogens with two attached hydrogens (primary N) is 1. The van der Waals surface area contributed by atoms with Gasteiger partial charge in [0.2, 0.25) is 11.8 Å². The van der Waals surface area contributed by atoms with E-state index < -0.39 is 11.9 Å². The fourth-order valence-corrected chi connectivity index (χ4v) is 2.59. The first kappa shape index (κ1) is 9.49. The second kappa shape index (κ2) is 3.26. The van der Waals surface area contributed by atoms with Gasteiger partial charge in [0.05, 0.1) is 0 Å². The highest BCUT2D eigenvalue weighted by molar-refractivity contribution is 5.88. The molecule has 2 unspecified atom stereocenters. The maximum Gasteiger partial charge on any atom is 0.239 e. The number of primary amides is 1. The smallest absolute Gasteiger partial charge is 0.239 e. The van der Waals surface area contributed by atoms with Crippen LogP contribution < -0.4 is 11.1 Å². The van der Waals surface area contributed by atoms with Crippen molar-refractivity contribution in [3.63, 3.8) is 0 Å². The van der Waals surface area contributed by atoms with E-state index in [4.69, 9.17) is 5.73 Å². The van der Waals surface area contributed by atoms with Crippen LogP contribution in [-0.2, 0) is 9.59 Å². The van der Waals surface area contributed by atoms with Crippen LogP contribution in [0.1, 0.15) is 26.2 Å². The molecule has 0 aliphatic heterocycles. The highest BCUT2D eigenvalue weighted by atomic mass is 16.2. The third kappa shape index (κ3) is 1.49. The van der Waals surface area contributed by atoms with Gasteiger partial charge < -0.3 is 11.1 Å². The van der Waals surface area contributed by atoms with Gasteiger partial charge in [-0.1, -0.05) is 6.42 Å². The summed E-state index contributed by atoms with van der Waals surface area (Å²) < 4.78 is 0. The monoisotopic (exact) mass is 196 g/mol. The molecule has 0 saturated heterocycles. The van der Waals surface area contributed by atoms with E-state index in [1.54, 1.807) is 6.92 Å². The lowest BCUT2D eigenvalue weighted by molar-refractivity contribution is -0.128.